The monoisotopic (exact) mass is 449 g/mol. The summed E-state index contributed by atoms with van der Waals surface area (Å²) in [6, 6.07) is 22.4. The number of carbonyl (C=O) groups is 1. The summed E-state index contributed by atoms with van der Waals surface area (Å²) in [5.74, 6) is 2.14. The zero-order valence-electron chi connectivity index (χ0n) is 17.8. The van der Waals surface area contributed by atoms with E-state index in [1.165, 1.54) is 0 Å². The Labute approximate surface area is 191 Å². The minimum atomic E-state index is -0.188. The minimum absolute atomic E-state index is 0.188. The number of hydrogen-bond acceptors (Lipinski definition) is 4. The van der Waals surface area contributed by atoms with Gasteiger partial charge in [-0.25, -0.2) is 4.98 Å². The number of benzene rings is 3. The molecule has 0 aliphatic rings. The molecule has 3 aromatic carbocycles. The van der Waals surface area contributed by atoms with E-state index in [1.54, 1.807) is 31.4 Å². The van der Waals surface area contributed by atoms with Crippen LogP contribution in [0, 0.1) is 0 Å². The van der Waals surface area contributed by atoms with Crippen LogP contribution in [0.15, 0.2) is 72.8 Å². The quantitative estimate of drug-likeness (QED) is 0.361. The van der Waals surface area contributed by atoms with E-state index in [9.17, 15) is 4.79 Å². The van der Waals surface area contributed by atoms with Gasteiger partial charge in [-0.05, 0) is 48.9 Å². The average molecular weight is 450 g/mol. The van der Waals surface area contributed by atoms with E-state index in [4.69, 9.17) is 26.1 Å². The number of fused-ring (bicyclic) bond motifs is 1. The molecule has 6 nitrogen and oxygen atoms in total. The van der Waals surface area contributed by atoms with E-state index in [1.807, 2.05) is 48.5 Å². The second-order valence-electron chi connectivity index (χ2n) is 7.24. The van der Waals surface area contributed by atoms with Crippen LogP contribution in [-0.2, 0) is 13.1 Å². The number of hydrogen-bond donors (Lipinski definition) is 1. The van der Waals surface area contributed by atoms with Gasteiger partial charge in [0.2, 0.25) is 0 Å². The Kier molecular flexibility index (Phi) is 6.92. The van der Waals surface area contributed by atoms with Crippen molar-refractivity contribution in [2.75, 3.05) is 13.7 Å². The van der Waals surface area contributed by atoms with Gasteiger partial charge < -0.3 is 19.4 Å². The van der Waals surface area contributed by atoms with Gasteiger partial charge in [-0.15, -0.1) is 0 Å². The van der Waals surface area contributed by atoms with Gasteiger partial charge in [-0.3, -0.25) is 4.79 Å². The summed E-state index contributed by atoms with van der Waals surface area (Å²) in [6.45, 7) is 1.58. The maximum Gasteiger partial charge on any atom is 0.251 e. The Hall–Kier alpha value is -3.51. The number of halogens is 1. The van der Waals surface area contributed by atoms with E-state index in [0.717, 1.165) is 34.8 Å². The van der Waals surface area contributed by atoms with E-state index < -0.39 is 0 Å². The summed E-state index contributed by atoms with van der Waals surface area (Å²) in [4.78, 5) is 17.2. The lowest BCUT2D eigenvalue weighted by Gasteiger charge is -2.12. The van der Waals surface area contributed by atoms with Crippen molar-refractivity contribution in [2.24, 2.45) is 0 Å². The highest BCUT2D eigenvalue weighted by atomic mass is 35.5. The van der Waals surface area contributed by atoms with Crippen LogP contribution in [0.3, 0.4) is 0 Å². The number of aryl methyl sites for hydroxylation is 1. The largest absolute Gasteiger partial charge is 0.497 e. The number of nitrogens with zero attached hydrogens (tertiary/aromatic N) is 2. The molecule has 0 spiro atoms. The van der Waals surface area contributed by atoms with Gasteiger partial charge in [0.05, 0.1) is 31.3 Å². The van der Waals surface area contributed by atoms with Crippen LogP contribution in [0.1, 0.15) is 22.6 Å². The van der Waals surface area contributed by atoms with Crippen LogP contribution in [-0.4, -0.2) is 29.2 Å². The van der Waals surface area contributed by atoms with Gasteiger partial charge in [-0.2, -0.15) is 0 Å². The fourth-order valence-corrected chi connectivity index (χ4v) is 3.69. The van der Waals surface area contributed by atoms with Crippen LogP contribution in [0.4, 0.5) is 0 Å². The smallest absolute Gasteiger partial charge is 0.251 e. The molecular formula is C25H24ClN3O3. The summed E-state index contributed by atoms with van der Waals surface area (Å²) in [7, 11) is 1.63. The van der Waals surface area contributed by atoms with Crippen LogP contribution < -0.4 is 14.8 Å². The Bertz CT molecular complexity index is 1220. The molecule has 0 radical (unpaired) electrons. The Balaban J connectivity index is 1.42. The van der Waals surface area contributed by atoms with E-state index in [2.05, 4.69) is 9.88 Å². The lowest BCUT2D eigenvalue weighted by Crippen LogP contribution is -2.25. The SMILES string of the molecule is COc1cccc(OCCCn2c(CNC(=O)c3cccc(Cl)c3)nc3ccccc32)c1. The third-order valence-corrected chi connectivity index (χ3v) is 5.30. The van der Waals surface area contributed by atoms with Crippen molar-refractivity contribution in [3.63, 3.8) is 0 Å². The normalized spacial score (nSPS) is 10.8. The van der Waals surface area contributed by atoms with Crippen molar-refractivity contribution in [3.8, 4) is 11.5 Å². The molecule has 0 aliphatic carbocycles. The molecule has 4 rings (SSSR count). The van der Waals surface area contributed by atoms with Crippen molar-refractivity contribution >= 4 is 28.5 Å². The fraction of sp³-hybridized carbons (Fsp3) is 0.200. The Morgan fingerprint density at radius 1 is 1.03 bits per heavy atom. The number of aromatic nitrogens is 2. The molecule has 4 aromatic rings. The fourth-order valence-electron chi connectivity index (χ4n) is 3.50. The molecule has 0 fully saturated rings. The number of nitrogens with one attached hydrogen (secondary N) is 1. The maximum absolute atomic E-state index is 12.5. The Morgan fingerprint density at radius 3 is 2.69 bits per heavy atom. The predicted octanol–water partition coefficient (Wildman–Crippen LogP) is 5.10. The van der Waals surface area contributed by atoms with Crippen molar-refractivity contribution in [2.45, 2.75) is 19.5 Å². The first kappa shape index (κ1) is 21.7. The molecule has 1 amide bonds. The summed E-state index contributed by atoms with van der Waals surface area (Å²) in [5, 5.41) is 3.48. The van der Waals surface area contributed by atoms with Gasteiger partial charge >= 0.3 is 0 Å². The maximum atomic E-state index is 12.5. The molecule has 0 saturated carbocycles. The minimum Gasteiger partial charge on any atom is -0.497 e. The van der Waals surface area contributed by atoms with Crippen molar-refractivity contribution in [1.82, 2.24) is 14.9 Å². The number of amides is 1. The molecule has 1 aromatic heterocycles. The van der Waals surface area contributed by atoms with E-state index >= 15 is 0 Å². The van der Waals surface area contributed by atoms with Crippen molar-refractivity contribution < 1.29 is 14.3 Å². The first-order valence-corrected chi connectivity index (χ1v) is 10.8. The van der Waals surface area contributed by atoms with Crippen molar-refractivity contribution in [1.29, 1.82) is 0 Å². The molecule has 1 heterocycles. The van der Waals surface area contributed by atoms with Gasteiger partial charge in [-0.1, -0.05) is 35.9 Å². The standard InChI is InChI=1S/C25H24ClN3O3/c1-31-20-9-5-10-21(16-20)32-14-6-13-29-23-12-3-2-11-22(23)28-24(29)17-27-25(30)18-7-4-8-19(26)15-18/h2-5,7-12,15-16H,6,13-14,17H2,1H3,(H,27,30). The average Bonchev–Trinajstić information content (AvgIpc) is 3.18. The molecule has 7 heteroatoms. The third-order valence-electron chi connectivity index (χ3n) is 5.06. The van der Waals surface area contributed by atoms with Crippen LogP contribution in [0.25, 0.3) is 11.0 Å². The number of ether oxygens (including phenoxy) is 2. The van der Waals surface area contributed by atoms with Crippen molar-refractivity contribution in [3.05, 3.63) is 89.2 Å². The number of methoxy groups -OCH3 is 1. The second-order valence-corrected chi connectivity index (χ2v) is 7.68. The van der Waals surface area contributed by atoms with E-state index in [-0.39, 0.29) is 5.91 Å². The number of para-hydroxylation sites is 2. The Morgan fingerprint density at radius 2 is 1.84 bits per heavy atom. The molecule has 164 valence electrons. The molecule has 0 saturated heterocycles. The number of carbonyl (C=O) groups excluding carboxylic acids is 1. The zero-order chi connectivity index (χ0) is 22.3. The van der Waals surface area contributed by atoms with E-state index in [0.29, 0.717) is 30.3 Å². The summed E-state index contributed by atoms with van der Waals surface area (Å²) < 4.78 is 13.2. The molecule has 0 atom stereocenters. The van der Waals surface area contributed by atoms with Gasteiger partial charge in [0.1, 0.15) is 17.3 Å². The first-order chi connectivity index (χ1) is 15.6. The molecule has 0 aliphatic heterocycles. The molecule has 1 N–H and O–H groups in total. The summed E-state index contributed by atoms with van der Waals surface area (Å²) in [6.07, 6.45) is 0.785. The molecule has 0 bridgehead atoms. The highest BCUT2D eigenvalue weighted by molar-refractivity contribution is 6.30. The molecular weight excluding hydrogens is 426 g/mol. The van der Waals surface area contributed by atoms with Crippen LogP contribution in [0.5, 0.6) is 11.5 Å². The van der Waals surface area contributed by atoms with Crippen LogP contribution in [0.2, 0.25) is 5.02 Å². The summed E-state index contributed by atoms with van der Waals surface area (Å²) in [5.41, 5.74) is 2.45. The second kappa shape index (κ2) is 10.2. The lowest BCUT2D eigenvalue weighted by molar-refractivity contribution is 0.0949. The third kappa shape index (κ3) is 5.21. The summed E-state index contributed by atoms with van der Waals surface area (Å²) >= 11 is 6.00. The van der Waals surface area contributed by atoms with Gasteiger partial charge in [0.15, 0.2) is 0 Å². The topological polar surface area (TPSA) is 65.4 Å². The molecule has 32 heavy (non-hydrogen) atoms. The highest BCUT2D eigenvalue weighted by Crippen LogP contribution is 2.20. The van der Waals surface area contributed by atoms with Gasteiger partial charge in [0, 0.05) is 23.2 Å². The lowest BCUT2D eigenvalue weighted by atomic mass is 10.2. The number of imidazole rings is 1. The van der Waals surface area contributed by atoms with Gasteiger partial charge in [0.25, 0.3) is 5.91 Å². The molecule has 0 unspecified atom stereocenters. The zero-order valence-corrected chi connectivity index (χ0v) is 18.5. The predicted molar refractivity (Wildman–Crippen MR) is 125 cm³/mol. The first-order valence-electron chi connectivity index (χ1n) is 10.4. The van der Waals surface area contributed by atoms with Crippen LogP contribution >= 0.6 is 11.6 Å². The highest BCUT2D eigenvalue weighted by Gasteiger charge is 2.13. The number of rotatable bonds is 9.